The molecule has 0 bridgehead atoms. The number of aryl methyl sites for hydroxylation is 2. The van der Waals surface area contributed by atoms with Crippen molar-refractivity contribution in [3.05, 3.63) is 41.7 Å². The third-order valence-corrected chi connectivity index (χ3v) is 2.80. The topological polar surface area (TPSA) is 77.2 Å². The Morgan fingerprint density at radius 3 is 2.95 bits per heavy atom. The quantitative estimate of drug-likeness (QED) is 0.783. The fraction of sp³-hybridized carbons (Fsp3) is 0.357. The van der Waals surface area contributed by atoms with Crippen molar-refractivity contribution in [3.63, 3.8) is 0 Å². The highest BCUT2D eigenvalue weighted by Gasteiger charge is 2.07. The van der Waals surface area contributed by atoms with Crippen molar-refractivity contribution in [2.75, 3.05) is 6.61 Å². The summed E-state index contributed by atoms with van der Waals surface area (Å²) in [6.45, 7) is 3.29. The van der Waals surface area contributed by atoms with Crippen LogP contribution in [0.2, 0.25) is 0 Å². The third kappa shape index (κ3) is 4.08. The van der Waals surface area contributed by atoms with Crippen LogP contribution in [0, 0.1) is 6.92 Å². The zero-order valence-electron chi connectivity index (χ0n) is 11.3. The molecule has 0 aliphatic heterocycles. The molecular weight excluding hydrogens is 258 g/mol. The van der Waals surface area contributed by atoms with Gasteiger partial charge in [-0.15, -0.1) is 5.10 Å². The van der Waals surface area contributed by atoms with Crippen LogP contribution < -0.4 is 4.74 Å². The smallest absolute Gasteiger partial charge is 0.358 e. The molecule has 20 heavy (non-hydrogen) atoms. The summed E-state index contributed by atoms with van der Waals surface area (Å²) in [5, 5.41) is 16.0. The highest BCUT2D eigenvalue weighted by atomic mass is 16.5. The van der Waals surface area contributed by atoms with Crippen molar-refractivity contribution in [2.24, 2.45) is 0 Å². The molecule has 1 heterocycles. The first-order valence-corrected chi connectivity index (χ1v) is 6.48. The van der Waals surface area contributed by atoms with Crippen LogP contribution in [0.5, 0.6) is 5.75 Å². The average Bonchev–Trinajstić information content (AvgIpc) is 2.87. The molecule has 0 aliphatic rings. The Bertz CT molecular complexity index is 581. The number of carboxylic acids is 1. The largest absolute Gasteiger partial charge is 0.494 e. The molecule has 0 unspecified atom stereocenters. The van der Waals surface area contributed by atoms with Gasteiger partial charge in [0.2, 0.25) is 0 Å². The average molecular weight is 275 g/mol. The molecule has 2 rings (SSSR count). The maximum absolute atomic E-state index is 10.6. The highest BCUT2D eigenvalue weighted by Crippen LogP contribution is 2.12. The standard InChI is InChI=1S/C14H17N3O3/c1-11-5-4-6-12(9-11)20-8-3-2-7-17-10-13(14(18)19)15-16-17/h4-6,9-10H,2-3,7-8H2,1H3,(H,18,19). The van der Waals surface area contributed by atoms with E-state index in [0.717, 1.165) is 18.6 Å². The first-order valence-electron chi connectivity index (χ1n) is 6.48. The monoisotopic (exact) mass is 275 g/mol. The van der Waals surface area contributed by atoms with E-state index in [4.69, 9.17) is 9.84 Å². The molecule has 0 fully saturated rings. The van der Waals surface area contributed by atoms with Gasteiger partial charge in [0.15, 0.2) is 5.69 Å². The van der Waals surface area contributed by atoms with Crippen LogP contribution in [-0.2, 0) is 6.54 Å². The lowest BCUT2D eigenvalue weighted by atomic mass is 10.2. The lowest BCUT2D eigenvalue weighted by molar-refractivity contribution is 0.0690. The Hall–Kier alpha value is -2.37. The number of benzene rings is 1. The van der Waals surface area contributed by atoms with Crippen LogP contribution in [-0.4, -0.2) is 32.7 Å². The summed E-state index contributed by atoms with van der Waals surface area (Å²) in [5.74, 6) is -0.182. The van der Waals surface area contributed by atoms with Gasteiger partial charge in [-0.2, -0.15) is 0 Å². The van der Waals surface area contributed by atoms with Crippen molar-refractivity contribution in [1.29, 1.82) is 0 Å². The van der Waals surface area contributed by atoms with Crippen LogP contribution in [0.25, 0.3) is 0 Å². The number of unbranched alkanes of at least 4 members (excludes halogenated alkanes) is 1. The molecule has 0 saturated carbocycles. The number of aromatic nitrogens is 3. The molecule has 0 saturated heterocycles. The van der Waals surface area contributed by atoms with E-state index < -0.39 is 5.97 Å². The molecule has 0 aliphatic carbocycles. The minimum Gasteiger partial charge on any atom is -0.494 e. The van der Waals surface area contributed by atoms with E-state index in [9.17, 15) is 4.79 Å². The number of hydrogen-bond acceptors (Lipinski definition) is 4. The molecular formula is C14H17N3O3. The van der Waals surface area contributed by atoms with Gasteiger partial charge >= 0.3 is 5.97 Å². The summed E-state index contributed by atoms with van der Waals surface area (Å²) in [6, 6.07) is 7.92. The summed E-state index contributed by atoms with van der Waals surface area (Å²) < 4.78 is 7.17. The first kappa shape index (κ1) is 14.0. The highest BCUT2D eigenvalue weighted by molar-refractivity contribution is 5.84. The van der Waals surface area contributed by atoms with Gasteiger partial charge in [0.1, 0.15) is 5.75 Å². The van der Waals surface area contributed by atoms with Gasteiger partial charge in [-0.25, -0.2) is 4.79 Å². The van der Waals surface area contributed by atoms with Gasteiger partial charge in [0.25, 0.3) is 0 Å². The van der Waals surface area contributed by atoms with E-state index >= 15 is 0 Å². The van der Waals surface area contributed by atoms with Gasteiger partial charge in [0, 0.05) is 6.54 Å². The molecule has 0 amide bonds. The summed E-state index contributed by atoms with van der Waals surface area (Å²) in [4.78, 5) is 10.6. The Balaban J connectivity index is 1.67. The SMILES string of the molecule is Cc1cccc(OCCCCn2cc(C(=O)O)nn2)c1. The number of hydrogen-bond donors (Lipinski definition) is 1. The van der Waals surface area contributed by atoms with Crippen LogP contribution in [0.15, 0.2) is 30.5 Å². The van der Waals surface area contributed by atoms with E-state index in [2.05, 4.69) is 10.3 Å². The van der Waals surface area contributed by atoms with Gasteiger partial charge < -0.3 is 9.84 Å². The Kier molecular flexibility index (Phi) is 4.70. The van der Waals surface area contributed by atoms with E-state index in [1.807, 2.05) is 31.2 Å². The lowest BCUT2D eigenvalue weighted by Gasteiger charge is -2.06. The second-order valence-corrected chi connectivity index (χ2v) is 4.54. The minimum atomic E-state index is -1.06. The van der Waals surface area contributed by atoms with Crippen LogP contribution in [0.3, 0.4) is 0 Å². The Morgan fingerprint density at radius 2 is 2.25 bits per heavy atom. The van der Waals surface area contributed by atoms with Crippen LogP contribution in [0.4, 0.5) is 0 Å². The van der Waals surface area contributed by atoms with Crippen molar-refractivity contribution in [3.8, 4) is 5.75 Å². The molecule has 0 radical (unpaired) electrons. The molecule has 0 atom stereocenters. The maximum Gasteiger partial charge on any atom is 0.358 e. The predicted octanol–water partition coefficient (Wildman–Crippen LogP) is 2.14. The zero-order valence-corrected chi connectivity index (χ0v) is 11.3. The summed E-state index contributed by atoms with van der Waals surface area (Å²) >= 11 is 0. The third-order valence-electron chi connectivity index (χ3n) is 2.80. The van der Waals surface area contributed by atoms with Gasteiger partial charge in [-0.3, -0.25) is 4.68 Å². The number of carboxylic acid groups (broad SMARTS) is 1. The van der Waals surface area contributed by atoms with Crippen molar-refractivity contribution in [1.82, 2.24) is 15.0 Å². The molecule has 1 aromatic heterocycles. The van der Waals surface area contributed by atoms with Gasteiger partial charge in [-0.05, 0) is 37.5 Å². The molecule has 1 N–H and O–H groups in total. The second kappa shape index (κ2) is 6.70. The number of rotatable bonds is 7. The molecule has 6 heteroatoms. The minimum absolute atomic E-state index is 0.0268. The first-order chi connectivity index (χ1) is 9.65. The maximum atomic E-state index is 10.6. The number of carbonyl (C=O) groups is 1. The van der Waals surface area contributed by atoms with Crippen molar-refractivity contribution < 1.29 is 14.6 Å². The summed E-state index contributed by atoms with van der Waals surface area (Å²) in [5.41, 5.74) is 1.15. The zero-order chi connectivity index (χ0) is 14.4. The van der Waals surface area contributed by atoms with Crippen LogP contribution in [0.1, 0.15) is 28.9 Å². The van der Waals surface area contributed by atoms with Crippen LogP contribution >= 0.6 is 0 Å². The summed E-state index contributed by atoms with van der Waals surface area (Å²) in [6.07, 6.45) is 3.16. The van der Waals surface area contributed by atoms with Gasteiger partial charge in [0.05, 0.1) is 12.8 Å². The lowest BCUT2D eigenvalue weighted by Crippen LogP contribution is -2.03. The molecule has 0 spiro atoms. The van der Waals surface area contributed by atoms with Crippen molar-refractivity contribution in [2.45, 2.75) is 26.3 Å². The fourth-order valence-corrected chi connectivity index (χ4v) is 1.78. The second-order valence-electron chi connectivity index (χ2n) is 4.54. The molecule has 2 aromatic rings. The number of aromatic carboxylic acids is 1. The fourth-order valence-electron chi connectivity index (χ4n) is 1.78. The van der Waals surface area contributed by atoms with E-state index in [0.29, 0.717) is 13.2 Å². The number of ether oxygens (including phenoxy) is 1. The van der Waals surface area contributed by atoms with E-state index in [1.165, 1.54) is 16.4 Å². The predicted molar refractivity (Wildman–Crippen MR) is 72.9 cm³/mol. The molecule has 1 aromatic carbocycles. The summed E-state index contributed by atoms with van der Waals surface area (Å²) in [7, 11) is 0. The Labute approximate surface area is 117 Å². The van der Waals surface area contributed by atoms with Gasteiger partial charge in [-0.1, -0.05) is 17.3 Å². The normalized spacial score (nSPS) is 10.4. The Morgan fingerprint density at radius 1 is 1.40 bits per heavy atom. The molecule has 6 nitrogen and oxygen atoms in total. The molecule has 106 valence electrons. The van der Waals surface area contributed by atoms with E-state index in [1.54, 1.807) is 0 Å². The van der Waals surface area contributed by atoms with E-state index in [-0.39, 0.29) is 5.69 Å². The number of nitrogens with zero attached hydrogens (tertiary/aromatic N) is 3. The van der Waals surface area contributed by atoms with Crippen molar-refractivity contribution >= 4 is 5.97 Å².